The normalized spacial score (nSPS) is 12.5. The minimum Gasteiger partial charge on any atom is -0.466 e. The Balaban J connectivity index is 3.37. The molecular weight excluding hydrogens is 388 g/mol. The van der Waals surface area contributed by atoms with Crippen LogP contribution < -0.4 is 0 Å². The zero-order chi connectivity index (χ0) is 23.4. The van der Waals surface area contributed by atoms with Gasteiger partial charge in [-0.2, -0.15) is 0 Å². The molecule has 0 aromatic carbocycles. The first-order valence-corrected chi connectivity index (χ1v) is 13.1. The maximum atomic E-state index is 11.8. The molecule has 0 saturated carbocycles. The second-order valence-electron chi connectivity index (χ2n) is 10.2. The number of carbonyl (C=O) groups is 2. The lowest BCUT2D eigenvalue weighted by atomic mass is 9.90. The molecule has 0 fully saturated rings. The summed E-state index contributed by atoms with van der Waals surface area (Å²) in [5.74, 6) is -0.321. The van der Waals surface area contributed by atoms with Crippen LogP contribution in [-0.4, -0.2) is 24.6 Å². The summed E-state index contributed by atoms with van der Waals surface area (Å²) in [6.07, 6.45) is 19.1. The topological polar surface area (TPSA) is 52.6 Å². The fourth-order valence-corrected chi connectivity index (χ4v) is 3.35. The molecule has 184 valence electrons. The van der Waals surface area contributed by atoms with Crippen molar-refractivity contribution in [3.63, 3.8) is 0 Å². The molecule has 0 spiro atoms. The minimum absolute atomic E-state index is 0.0486. The van der Waals surface area contributed by atoms with Gasteiger partial charge in [0.05, 0.1) is 6.61 Å². The SMILES string of the molecule is CCCCCCCCCCCCCCCOC(=O)CCCCC(=O)OC(C)C(C)(C)C. The van der Waals surface area contributed by atoms with Crippen molar-refractivity contribution in [2.75, 3.05) is 6.61 Å². The Morgan fingerprint density at radius 3 is 1.52 bits per heavy atom. The molecule has 0 aromatic rings. The highest BCUT2D eigenvalue weighted by molar-refractivity contribution is 5.70. The molecule has 0 bridgehead atoms. The Kier molecular flexibility index (Phi) is 18.9. The zero-order valence-corrected chi connectivity index (χ0v) is 21.4. The van der Waals surface area contributed by atoms with Crippen LogP contribution in [0.2, 0.25) is 0 Å². The number of hydrogen-bond donors (Lipinski definition) is 0. The second-order valence-corrected chi connectivity index (χ2v) is 10.2. The van der Waals surface area contributed by atoms with Crippen molar-refractivity contribution in [3.8, 4) is 0 Å². The fourth-order valence-electron chi connectivity index (χ4n) is 3.35. The molecule has 0 saturated heterocycles. The van der Waals surface area contributed by atoms with Gasteiger partial charge in [-0.3, -0.25) is 9.59 Å². The van der Waals surface area contributed by atoms with Crippen molar-refractivity contribution < 1.29 is 19.1 Å². The Morgan fingerprint density at radius 1 is 0.645 bits per heavy atom. The number of esters is 2. The van der Waals surface area contributed by atoms with E-state index in [9.17, 15) is 9.59 Å². The summed E-state index contributed by atoms with van der Waals surface area (Å²) in [5.41, 5.74) is -0.0486. The van der Waals surface area contributed by atoms with E-state index in [-0.39, 0.29) is 23.5 Å². The molecule has 0 rings (SSSR count). The summed E-state index contributed by atoms with van der Waals surface area (Å²) >= 11 is 0. The lowest BCUT2D eigenvalue weighted by Gasteiger charge is -2.26. The largest absolute Gasteiger partial charge is 0.466 e. The average Bonchev–Trinajstić information content (AvgIpc) is 2.70. The van der Waals surface area contributed by atoms with E-state index in [4.69, 9.17) is 9.47 Å². The Morgan fingerprint density at radius 2 is 1.06 bits per heavy atom. The van der Waals surface area contributed by atoms with Gasteiger partial charge in [-0.15, -0.1) is 0 Å². The summed E-state index contributed by atoms with van der Waals surface area (Å²) < 4.78 is 10.7. The van der Waals surface area contributed by atoms with Gasteiger partial charge in [0, 0.05) is 12.8 Å². The van der Waals surface area contributed by atoms with E-state index in [0.29, 0.717) is 32.3 Å². The maximum absolute atomic E-state index is 11.8. The van der Waals surface area contributed by atoms with Crippen LogP contribution in [0.4, 0.5) is 0 Å². The zero-order valence-electron chi connectivity index (χ0n) is 21.4. The number of ether oxygens (including phenoxy) is 2. The molecular formula is C27H52O4. The van der Waals surface area contributed by atoms with Crippen molar-refractivity contribution in [3.05, 3.63) is 0 Å². The van der Waals surface area contributed by atoms with Gasteiger partial charge < -0.3 is 9.47 Å². The third kappa shape index (κ3) is 20.6. The molecule has 4 nitrogen and oxygen atoms in total. The first-order chi connectivity index (χ1) is 14.8. The van der Waals surface area contributed by atoms with Crippen molar-refractivity contribution in [1.82, 2.24) is 0 Å². The molecule has 0 aliphatic heterocycles. The molecule has 1 atom stereocenters. The lowest BCUT2D eigenvalue weighted by Crippen LogP contribution is -2.28. The average molecular weight is 441 g/mol. The van der Waals surface area contributed by atoms with E-state index in [1.54, 1.807) is 0 Å². The van der Waals surface area contributed by atoms with Gasteiger partial charge in [-0.1, -0.05) is 105 Å². The van der Waals surface area contributed by atoms with Gasteiger partial charge in [0.1, 0.15) is 6.10 Å². The van der Waals surface area contributed by atoms with Crippen molar-refractivity contribution in [2.45, 2.75) is 150 Å². The van der Waals surface area contributed by atoms with Gasteiger partial charge in [-0.05, 0) is 31.6 Å². The van der Waals surface area contributed by atoms with Crippen LogP contribution in [0.25, 0.3) is 0 Å². The summed E-state index contributed by atoms with van der Waals surface area (Å²) in [6, 6.07) is 0. The maximum Gasteiger partial charge on any atom is 0.306 e. The highest BCUT2D eigenvalue weighted by Crippen LogP contribution is 2.22. The van der Waals surface area contributed by atoms with Gasteiger partial charge in [0.25, 0.3) is 0 Å². The van der Waals surface area contributed by atoms with Crippen LogP contribution in [0.15, 0.2) is 0 Å². The monoisotopic (exact) mass is 440 g/mol. The summed E-state index contributed by atoms with van der Waals surface area (Å²) in [5, 5.41) is 0. The molecule has 0 heterocycles. The van der Waals surface area contributed by atoms with Crippen LogP contribution in [0, 0.1) is 5.41 Å². The Hall–Kier alpha value is -1.06. The number of rotatable bonds is 20. The van der Waals surface area contributed by atoms with E-state index < -0.39 is 0 Å². The summed E-state index contributed by atoms with van der Waals surface area (Å²) in [7, 11) is 0. The van der Waals surface area contributed by atoms with Gasteiger partial charge in [-0.25, -0.2) is 0 Å². The van der Waals surface area contributed by atoms with Crippen LogP contribution in [0.3, 0.4) is 0 Å². The lowest BCUT2D eigenvalue weighted by molar-refractivity contribution is -0.153. The predicted molar refractivity (Wildman–Crippen MR) is 130 cm³/mol. The molecule has 0 N–H and O–H groups in total. The summed E-state index contributed by atoms with van der Waals surface area (Å²) in [6.45, 7) is 10.9. The highest BCUT2D eigenvalue weighted by Gasteiger charge is 2.23. The van der Waals surface area contributed by atoms with Crippen molar-refractivity contribution in [1.29, 1.82) is 0 Å². The standard InChI is InChI=1S/C27H52O4/c1-6-7-8-9-10-11-12-13-14-15-16-17-20-23-30-25(28)21-18-19-22-26(29)31-24(2)27(3,4)5/h24H,6-23H2,1-5H3. The molecule has 0 aliphatic carbocycles. The van der Waals surface area contributed by atoms with E-state index >= 15 is 0 Å². The third-order valence-electron chi connectivity index (χ3n) is 6.05. The van der Waals surface area contributed by atoms with E-state index in [2.05, 4.69) is 27.7 Å². The quantitative estimate of drug-likeness (QED) is 0.141. The van der Waals surface area contributed by atoms with Crippen LogP contribution in [-0.2, 0) is 19.1 Å². The molecule has 0 aliphatic rings. The predicted octanol–water partition coefficient (Wildman–Crippen LogP) is 8.16. The van der Waals surface area contributed by atoms with Crippen LogP contribution in [0.5, 0.6) is 0 Å². The number of carbonyl (C=O) groups excluding carboxylic acids is 2. The molecule has 0 amide bonds. The van der Waals surface area contributed by atoms with Crippen LogP contribution >= 0.6 is 0 Å². The molecule has 0 aromatic heterocycles. The van der Waals surface area contributed by atoms with Gasteiger partial charge in [0.2, 0.25) is 0 Å². The number of unbranched alkanes of at least 4 members (excludes halogenated alkanes) is 13. The smallest absolute Gasteiger partial charge is 0.306 e. The summed E-state index contributed by atoms with van der Waals surface area (Å²) in [4.78, 5) is 23.6. The highest BCUT2D eigenvalue weighted by atomic mass is 16.5. The number of hydrogen-bond acceptors (Lipinski definition) is 4. The van der Waals surface area contributed by atoms with Crippen LogP contribution in [0.1, 0.15) is 144 Å². The second kappa shape index (κ2) is 19.6. The molecule has 4 heteroatoms. The van der Waals surface area contributed by atoms with E-state index in [0.717, 1.165) is 12.8 Å². The van der Waals surface area contributed by atoms with Crippen molar-refractivity contribution >= 4 is 11.9 Å². The molecule has 0 radical (unpaired) electrons. The third-order valence-corrected chi connectivity index (χ3v) is 6.05. The first kappa shape index (κ1) is 29.9. The molecule has 31 heavy (non-hydrogen) atoms. The van der Waals surface area contributed by atoms with Gasteiger partial charge >= 0.3 is 11.9 Å². The van der Waals surface area contributed by atoms with Crippen molar-refractivity contribution in [2.24, 2.45) is 5.41 Å². The Labute approximate surface area is 193 Å². The fraction of sp³-hybridized carbons (Fsp3) is 0.926. The first-order valence-electron chi connectivity index (χ1n) is 13.1. The Bertz CT molecular complexity index is 439. The van der Waals surface area contributed by atoms with E-state index in [1.165, 1.54) is 70.6 Å². The van der Waals surface area contributed by atoms with Gasteiger partial charge in [0.15, 0.2) is 0 Å². The minimum atomic E-state index is -0.178. The molecule has 1 unspecified atom stereocenters. The van der Waals surface area contributed by atoms with E-state index in [1.807, 2.05) is 6.92 Å².